The molecular formula is C14H16BrN3. The fraction of sp³-hybridized carbons (Fsp3) is 0.357. The molecule has 2 heterocycles. The van der Waals surface area contributed by atoms with E-state index in [0.717, 1.165) is 29.7 Å². The fourth-order valence-electron chi connectivity index (χ4n) is 2.64. The van der Waals surface area contributed by atoms with Gasteiger partial charge in [-0.2, -0.15) is 0 Å². The Bertz CT molecular complexity index is 589. The summed E-state index contributed by atoms with van der Waals surface area (Å²) in [4.78, 5) is 4.67. The van der Waals surface area contributed by atoms with E-state index in [1.807, 2.05) is 12.1 Å². The number of fused-ring (bicyclic) bond motifs is 1. The van der Waals surface area contributed by atoms with E-state index >= 15 is 0 Å². The molecule has 2 aromatic rings. The number of benzene rings is 1. The average Bonchev–Trinajstić information content (AvgIpc) is 2.69. The van der Waals surface area contributed by atoms with Gasteiger partial charge in [0.15, 0.2) is 0 Å². The Balaban J connectivity index is 2.22. The van der Waals surface area contributed by atoms with Crippen LogP contribution in [0.25, 0.3) is 11.4 Å². The zero-order valence-electron chi connectivity index (χ0n) is 10.4. The second kappa shape index (κ2) is 4.52. The van der Waals surface area contributed by atoms with Crippen LogP contribution >= 0.6 is 15.9 Å². The molecule has 3 nitrogen and oxygen atoms in total. The third kappa shape index (κ3) is 1.80. The first-order valence-electron chi connectivity index (χ1n) is 6.26. The quantitative estimate of drug-likeness (QED) is 0.877. The average molecular weight is 306 g/mol. The Morgan fingerprint density at radius 2 is 2.17 bits per heavy atom. The summed E-state index contributed by atoms with van der Waals surface area (Å²) < 4.78 is 3.13. The maximum absolute atomic E-state index is 6.25. The molecule has 1 atom stereocenters. The summed E-state index contributed by atoms with van der Waals surface area (Å²) in [5, 5.41) is 0. The number of hydrogen-bond acceptors (Lipinski definition) is 2. The van der Waals surface area contributed by atoms with Gasteiger partial charge in [0, 0.05) is 5.56 Å². The standard InChI is InChI=1S/C14H16BrN3/c1-9-5-2-3-6-10(9)14-17-13(15)11-7-4-8-12(16)18(11)14/h2-3,5-6,12H,4,7-8,16H2,1H3. The summed E-state index contributed by atoms with van der Waals surface area (Å²) >= 11 is 3.56. The van der Waals surface area contributed by atoms with Gasteiger partial charge in [0.1, 0.15) is 10.4 Å². The van der Waals surface area contributed by atoms with Gasteiger partial charge >= 0.3 is 0 Å². The number of rotatable bonds is 1. The number of halogens is 1. The predicted molar refractivity (Wildman–Crippen MR) is 76.3 cm³/mol. The normalized spacial score (nSPS) is 18.7. The highest BCUT2D eigenvalue weighted by Crippen LogP contribution is 2.34. The van der Waals surface area contributed by atoms with Crippen LogP contribution in [0.2, 0.25) is 0 Å². The van der Waals surface area contributed by atoms with Gasteiger partial charge in [0.05, 0.1) is 11.9 Å². The van der Waals surface area contributed by atoms with Crippen LogP contribution in [-0.2, 0) is 6.42 Å². The van der Waals surface area contributed by atoms with Crippen LogP contribution in [0.5, 0.6) is 0 Å². The molecule has 0 saturated carbocycles. The molecule has 1 unspecified atom stereocenters. The predicted octanol–water partition coefficient (Wildman–Crippen LogP) is 3.41. The summed E-state index contributed by atoms with van der Waals surface area (Å²) in [6.45, 7) is 2.11. The van der Waals surface area contributed by atoms with E-state index in [-0.39, 0.29) is 6.17 Å². The molecule has 0 fully saturated rings. The van der Waals surface area contributed by atoms with E-state index in [2.05, 4.69) is 44.5 Å². The molecular weight excluding hydrogens is 290 g/mol. The monoisotopic (exact) mass is 305 g/mol. The molecule has 94 valence electrons. The van der Waals surface area contributed by atoms with Gasteiger partial charge in [0.25, 0.3) is 0 Å². The molecule has 3 rings (SSSR count). The van der Waals surface area contributed by atoms with E-state index in [9.17, 15) is 0 Å². The van der Waals surface area contributed by atoms with Crippen molar-refractivity contribution in [3.05, 3.63) is 40.1 Å². The zero-order chi connectivity index (χ0) is 12.7. The Hall–Kier alpha value is -1.13. The van der Waals surface area contributed by atoms with E-state index < -0.39 is 0 Å². The van der Waals surface area contributed by atoms with Crippen LogP contribution in [0, 0.1) is 6.92 Å². The SMILES string of the molecule is Cc1ccccc1-c1nc(Br)c2n1C(N)CCC2. The number of hydrogen-bond donors (Lipinski definition) is 1. The third-order valence-corrected chi connectivity index (χ3v) is 4.23. The van der Waals surface area contributed by atoms with Crippen LogP contribution in [0.15, 0.2) is 28.9 Å². The van der Waals surface area contributed by atoms with E-state index in [1.54, 1.807) is 0 Å². The van der Waals surface area contributed by atoms with Crippen molar-refractivity contribution in [2.24, 2.45) is 5.73 Å². The number of nitrogens with two attached hydrogens (primary N) is 1. The molecule has 18 heavy (non-hydrogen) atoms. The summed E-state index contributed by atoms with van der Waals surface area (Å²) in [6.07, 6.45) is 3.25. The first kappa shape index (κ1) is 11.9. The van der Waals surface area contributed by atoms with Gasteiger partial charge in [-0.05, 0) is 47.7 Å². The van der Waals surface area contributed by atoms with Gasteiger partial charge in [-0.15, -0.1) is 0 Å². The van der Waals surface area contributed by atoms with Gasteiger partial charge in [-0.3, -0.25) is 0 Å². The summed E-state index contributed by atoms with van der Waals surface area (Å²) in [5.74, 6) is 0.988. The van der Waals surface area contributed by atoms with Crippen molar-refractivity contribution in [3.63, 3.8) is 0 Å². The minimum atomic E-state index is 0.0437. The first-order valence-corrected chi connectivity index (χ1v) is 7.06. The highest BCUT2D eigenvalue weighted by atomic mass is 79.9. The second-order valence-electron chi connectivity index (χ2n) is 4.82. The van der Waals surface area contributed by atoms with E-state index in [4.69, 9.17) is 5.73 Å². The zero-order valence-corrected chi connectivity index (χ0v) is 11.9. The van der Waals surface area contributed by atoms with Crippen LogP contribution in [0.3, 0.4) is 0 Å². The molecule has 1 aliphatic heterocycles. The molecule has 0 aliphatic carbocycles. The molecule has 2 N–H and O–H groups in total. The topological polar surface area (TPSA) is 43.8 Å². The van der Waals surface area contributed by atoms with Crippen molar-refractivity contribution < 1.29 is 0 Å². The van der Waals surface area contributed by atoms with Gasteiger partial charge in [-0.25, -0.2) is 4.98 Å². The third-order valence-electron chi connectivity index (χ3n) is 3.59. The molecule has 0 bridgehead atoms. The summed E-state index contributed by atoms with van der Waals surface area (Å²) in [5.41, 5.74) is 9.88. The maximum atomic E-state index is 6.25. The van der Waals surface area contributed by atoms with Gasteiger partial charge in [0.2, 0.25) is 0 Å². The Kier molecular flexibility index (Phi) is 2.99. The number of aryl methyl sites for hydroxylation is 1. The second-order valence-corrected chi connectivity index (χ2v) is 5.57. The smallest absolute Gasteiger partial charge is 0.143 e. The van der Waals surface area contributed by atoms with Crippen LogP contribution in [-0.4, -0.2) is 9.55 Å². The Labute approximate surface area is 115 Å². The lowest BCUT2D eigenvalue weighted by Crippen LogP contribution is -2.25. The lowest BCUT2D eigenvalue weighted by Gasteiger charge is -2.24. The number of imidazole rings is 1. The minimum Gasteiger partial charge on any atom is -0.311 e. The Morgan fingerprint density at radius 1 is 1.39 bits per heavy atom. The minimum absolute atomic E-state index is 0.0437. The number of nitrogens with zero attached hydrogens (tertiary/aromatic N) is 2. The highest BCUT2D eigenvalue weighted by molar-refractivity contribution is 9.10. The molecule has 1 aromatic heterocycles. The van der Waals surface area contributed by atoms with Crippen molar-refractivity contribution in [3.8, 4) is 11.4 Å². The van der Waals surface area contributed by atoms with E-state index in [1.165, 1.54) is 16.8 Å². The van der Waals surface area contributed by atoms with Crippen molar-refractivity contribution >= 4 is 15.9 Å². The van der Waals surface area contributed by atoms with Crippen LogP contribution in [0.4, 0.5) is 0 Å². The lowest BCUT2D eigenvalue weighted by atomic mass is 10.1. The molecule has 1 aliphatic rings. The summed E-state index contributed by atoms with van der Waals surface area (Å²) in [7, 11) is 0. The van der Waals surface area contributed by atoms with Crippen molar-refractivity contribution in [2.75, 3.05) is 0 Å². The van der Waals surface area contributed by atoms with Crippen LogP contribution < -0.4 is 5.73 Å². The lowest BCUT2D eigenvalue weighted by molar-refractivity contribution is 0.417. The van der Waals surface area contributed by atoms with Crippen molar-refractivity contribution in [1.29, 1.82) is 0 Å². The van der Waals surface area contributed by atoms with Crippen molar-refractivity contribution in [2.45, 2.75) is 32.4 Å². The van der Waals surface area contributed by atoms with Crippen LogP contribution in [0.1, 0.15) is 30.3 Å². The highest BCUT2D eigenvalue weighted by Gasteiger charge is 2.24. The number of aromatic nitrogens is 2. The molecule has 0 amide bonds. The molecule has 4 heteroatoms. The molecule has 1 aromatic carbocycles. The molecule has 0 radical (unpaired) electrons. The largest absolute Gasteiger partial charge is 0.311 e. The van der Waals surface area contributed by atoms with Gasteiger partial charge < -0.3 is 10.3 Å². The fourth-order valence-corrected chi connectivity index (χ4v) is 3.20. The maximum Gasteiger partial charge on any atom is 0.143 e. The first-order chi connectivity index (χ1) is 8.68. The Morgan fingerprint density at radius 3 is 2.94 bits per heavy atom. The van der Waals surface area contributed by atoms with E-state index in [0.29, 0.717) is 0 Å². The summed E-state index contributed by atoms with van der Waals surface area (Å²) in [6, 6.07) is 8.32. The molecule has 0 spiro atoms. The van der Waals surface area contributed by atoms with Crippen molar-refractivity contribution in [1.82, 2.24) is 9.55 Å². The van der Waals surface area contributed by atoms with Gasteiger partial charge in [-0.1, -0.05) is 24.3 Å². The molecule has 0 saturated heterocycles.